The van der Waals surface area contributed by atoms with Gasteiger partial charge in [0.1, 0.15) is 5.75 Å². The van der Waals surface area contributed by atoms with Gasteiger partial charge in [0.2, 0.25) is 5.88 Å². The van der Waals surface area contributed by atoms with Crippen LogP contribution in [0.4, 0.5) is 18.9 Å². The smallest absolute Gasteiger partial charge is 0.435 e. The standard InChI is InChI=1S/C11H7ClF3N3O/c12-7-5-6(16)1-2-8(7)19-10-4-3-9(17-18-10)11(13,14)15/h1-5H,16H2. The van der Waals surface area contributed by atoms with Gasteiger partial charge >= 0.3 is 6.18 Å². The summed E-state index contributed by atoms with van der Waals surface area (Å²) in [5.41, 5.74) is 4.84. The fourth-order valence-corrected chi connectivity index (χ4v) is 1.47. The zero-order valence-corrected chi connectivity index (χ0v) is 10.0. The lowest BCUT2D eigenvalue weighted by Gasteiger charge is -2.08. The van der Waals surface area contributed by atoms with Crippen molar-refractivity contribution in [2.45, 2.75) is 6.18 Å². The molecular weight excluding hydrogens is 283 g/mol. The molecule has 0 saturated carbocycles. The molecule has 0 spiro atoms. The molecule has 0 aliphatic rings. The number of rotatable bonds is 2. The number of nitrogen functional groups attached to an aromatic ring is 1. The number of hydrogen-bond donors (Lipinski definition) is 1. The van der Waals surface area contributed by atoms with E-state index >= 15 is 0 Å². The number of alkyl halides is 3. The van der Waals surface area contributed by atoms with Crippen LogP contribution in [-0.2, 0) is 6.18 Å². The first kappa shape index (κ1) is 13.4. The average Bonchev–Trinajstić information content (AvgIpc) is 2.32. The summed E-state index contributed by atoms with van der Waals surface area (Å²) in [6.07, 6.45) is -4.54. The van der Waals surface area contributed by atoms with Crippen LogP contribution in [0.15, 0.2) is 30.3 Å². The topological polar surface area (TPSA) is 61.0 Å². The van der Waals surface area contributed by atoms with Crippen LogP contribution in [-0.4, -0.2) is 10.2 Å². The third-order valence-corrected chi connectivity index (χ3v) is 2.40. The van der Waals surface area contributed by atoms with Crippen molar-refractivity contribution >= 4 is 17.3 Å². The van der Waals surface area contributed by atoms with Gasteiger partial charge < -0.3 is 10.5 Å². The van der Waals surface area contributed by atoms with Crippen LogP contribution >= 0.6 is 11.6 Å². The van der Waals surface area contributed by atoms with Gasteiger partial charge in [0.25, 0.3) is 0 Å². The van der Waals surface area contributed by atoms with E-state index in [9.17, 15) is 13.2 Å². The first-order valence-electron chi connectivity index (χ1n) is 5.00. The Labute approximate surface area is 111 Å². The number of halogens is 4. The molecule has 0 aliphatic heterocycles. The summed E-state index contributed by atoms with van der Waals surface area (Å²) in [6, 6.07) is 6.31. The zero-order valence-electron chi connectivity index (χ0n) is 9.28. The normalized spacial score (nSPS) is 11.4. The monoisotopic (exact) mass is 289 g/mol. The third-order valence-electron chi connectivity index (χ3n) is 2.10. The second kappa shape index (κ2) is 4.93. The lowest BCUT2D eigenvalue weighted by Crippen LogP contribution is -2.08. The van der Waals surface area contributed by atoms with Gasteiger partial charge in [0.15, 0.2) is 5.69 Å². The molecule has 8 heteroatoms. The van der Waals surface area contributed by atoms with Gasteiger partial charge in [-0.25, -0.2) is 0 Å². The van der Waals surface area contributed by atoms with Gasteiger partial charge in [-0.05, 0) is 24.3 Å². The Balaban J connectivity index is 2.20. The molecule has 0 saturated heterocycles. The van der Waals surface area contributed by atoms with Crippen LogP contribution in [0.1, 0.15) is 5.69 Å². The Morgan fingerprint density at radius 3 is 2.37 bits per heavy atom. The Morgan fingerprint density at radius 1 is 1.11 bits per heavy atom. The molecule has 0 atom stereocenters. The minimum atomic E-state index is -4.54. The maximum Gasteiger partial charge on any atom is 0.435 e. The molecule has 2 aromatic rings. The van der Waals surface area contributed by atoms with Crippen LogP contribution < -0.4 is 10.5 Å². The van der Waals surface area contributed by atoms with E-state index in [4.69, 9.17) is 22.1 Å². The highest BCUT2D eigenvalue weighted by Gasteiger charge is 2.33. The number of anilines is 1. The van der Waals surface area contributed by atoms with E-state index in [1.165, 1.54) is 12.1 Å². The number of benzene rings is 1. The first-order chi connectivity index (χ1) is 8.86. The number of ether oxygens (including phenoxy) is 1. The Morgan fingerprint density at radius 2 is 1.84 bits per heavy atom. The fourth-order valence-electron chi connectivity index (χ4n) is 1.24. The van der Waals surface area contributed by atoms with Gasteiger partial charge in [-0.3, -0.25) is 0 Å². The molecule has 0 bridgehead atoms. The molecule has 1 aromatic carbocycles. The van der Waals surface area contributed by atoms with Crippen LogP contribution in [0.3, 0.4) is 0 Å². The van der Waals surface area contributed by atoms with Crippen molar-refractivity contribution in [3.05, 3.63) is 41.0 Å². The maximum atomic E-state index is 12.3. The first-order valence-corrected chi connectivity index (χ1v) is 5.38. The molecule has 19 heavy (non-hydrogen) atoms. The summed E-state index contributed by atoms with van der Waals surface area (Å²) in [7, 11) is 0. The molecule has 4 nitrogen and oxygen atoms in total. The summed E-state index contributed by atoms with van der Waals surface area (Å²) in [5.74, 6) is 0.129. The summed E-state index contributed by atoms with van der Waals surface area (Å²) in [4.78, 5) is 0. The van der Waals surface area contributed by atoms with Gasteiger partial charge in [0, 0.05) is 11.8 Å². The zero-order chi connectivity index (χ0) is 14.0. The van der Waals surface area contributed by atoms with E-state index < -0.39 is 11.9 Å². The van der Waals surface area contributed by atoms with Crippen molar-refractivity contribution in [2.24, 2.45) is 0 Å². The van der Waals surface area contributed by atoms with E-state index in [0.717, 1.165) is 12.1 Å². The second-order valence-corrected chi connectivity index (χ2v) is 3.95. The predicted molar refractivity (Wildman–Crippen MR) is 63.0 cm³/mol. The van der Waals surface area contributed by atoms with Crippen LogP contribution in [0, 0.1) is 0 Å². The minimum Gasteiger partial charge on any atom is -0.436 e. The molecule has 1 heterocycles. The molecule has 100 valence electrons. The number of nitrogens with zero attached hydrogens (tertiary/aromatic N) is 2. The highest BCUT2D eigenvalue weighted by molar-refractivity contribution is 6.32. The number of aromatic nitrogens is 2. The summed E-state index contributed by atoms with van der Waals surface area (Å²) < 4.78 is 42.0. The summed E-state index contributed by atoms with van der Waals surface area (Å²) in [5, 5.41) is 6.57. The maximum absolute atomic E-state index is 12.3. The lowest BCUT2D eigenvalue weighted by atomic mass is 10.3. The average molecular weight is 290 g/mol. The molecule has 0 unspecified atom stereocenters. The van der Waals surface area contributed by atoms with Gasteiger partial charge in [0.05, 0.1) is 5.02 Å². The largest absolute Gasteiger partial charge is 0.436 e. The molecule has 1 aromatic heterocycles. The van der Waals surface area contributed by atoms with Crippen LogP contribution in [0.5, 0.6) is 11.6 Å². The number of hydrogen-bond acceptors (Lipinski definition) is 4. The molecule has 0 aliphatic carbocycles. The van der Waals surface area contributed by atoms with E-state index in [2.05, 4.69) is 10.2 Å². The van der Waals surface area contributed by atoms with Crippen molar-refractivity contribution in [1.29, 1.82) is 0 Å². The van der Waals surface area contributed by atoms with Gasteiger partial charge in [-0.1, -0.05) is 11.6 Å². The van der Waals surface area contributed by atoms with Crippen LogP contribution in [0.25, 0.3) is 0 Å². The Bertz CT molecular complexity index is 587. The highest BCUT2D eigenvalue weighted by Crippen LogP contribution is 2.31. The minimum absolute atomic E-state index is 0.0975. The third kappa shape index (κ3) is 3.25. The predicted octanol–water partition coefficient (Wildman–Crippen LogP) is 3.52. The van der Waals surface area contributed by atoms with Crippen molar-refractivity contribution in [3.63, 3.8) is 0 Å². The highest BCUT2D eigenvalue weighted by atomic mass is 35.5. The summed E-state index contributed by atoms with van der Waals surface area (Å²) in [6.45, 7) is 0. The summed E-state index contributed by atoms with van der Waals surface area (Å²) >= 11 is 5.85. The van der Waals surface area contributed by atoms with Crippen molar-refractivity contribution in [2.75, 3.05) is 5.73 Å². The second-order valence-electron chi connectivity index (χ2n) is 3.55. The molecule has 0 fully saturated rings. The van der Waals surface area contributed by atoms with E-state index in [0.29, 0.717) is 5.69 Å². The molecule has 2 rings (SSSR count). The molecule has 0 amide bonds. The van der Waals surface area contributed by atoms with Crippen LogP contribution in [0.2, 0.25) is 5.02 Å². The quantitative estimate of drug-likeness (QED) is 0.859. The molecule has 2 N–H and O–H groups in total. The lowest BCUT2D eigenvalue weighted by molar-refractivity contribution is -0.141. The van der Waals surface area contributed by atoms with Gasteiger partial charge in [-0.15, -0.1) is 10.2 Å². The Hall–Kier alpha value is -2.02. The molecule has 0 radical (unpaired) electrons. The van der Waals surface area contributed by atoms with E-state index in [1.54, 1.807) is 6.07 Å². The van der Waals surface area contributed by atoms with Crippen molar-refractivity contribution < 1.29 is 17.9 Å². The fraction of sp³-hybridized carbons (Fsp3) is 0.0909. The molecular formula is C11H7ClF3N3O. The number of nitrogens with two attached hydrogens (primary N) is 1. The van der Waals surface area contributed by atoms with E-state index in [1.807, 2.05) is 0 Å². The Kier molecular flexibility index (Phi) is 3.48. The SMILES string of the molecule is Nc1ccc(Oc2ccc(C(F)(F)F)nn2)c(Cl)c1. The van der Waals surface area contributed by atoms with Crippen molar-refractivity contribution in [1.82, 2.24) is 10.2 Å². The van der Waals surface area contributed by atoms with Gasteiger partial charge in [-0.2, -0.15) is 13.2 Å². The van der Waals surface area contributed by atoms with E-state index in [-0.39, 0.29) is 16.7 Å². The van der Waals surface area contributed by atoms with Crippen molar-refractivity contribution in [3.8, 4) is 11.6 Å².